The Kier molecular flexibility index (Phi) is 8.71. The van der Waals surface area contributed by atoms with Crippen LogP contribution in [0.25, 0.3) is 0 Å². The molecule has 0 aromatic carbocycles. The lowest BCUT2D eigenvalue weighted by Crippen LogP contribution is -2.37. The number of rotatable bonds is 6. The summed E-state index contributed by atoms with van der Waals surface area (Å²) in [4.78, 5) is 13.6. The van der Waals surface area contributed by atoms with Crippen molar-refractivity contribution in [1.82, 2.24) is 14.9 Å². The van der Waals surface area contributed by atoms with E-state index in [0.717, 1.165) is 43.5 Å². The second-order valence-electron chi connectivity index (χ2n) is 7.07. The molecule has 2 saturated carbocycles. The monoisotopic (exact) mass is 375 g/mol. The molecule has 2 aliphatic carbocycles. The minimum atomic E-state index is 0. The van der Waals surface area contributed by atoms with Crippen LogP contribution in [-0.2, 0) is 0 Å². The molecule has 1 aromatic rings. The van der Waals surface area contributed by atoms with Gasteiger partial charge in [0.25, 0.3) is 0 Å². The number of anilines is 1. The van der Waals surface area contributed by atoms with Gasteiger partial charge < -0.3 is 15.5 Å². The highest BCUT2D eigenvalue weighted by Gasteiger charge is 2.28. The van der Waals surface area contributed by atoms with E-state index in [9.17, 15) is 0 Å². The van der Waals surface area contributed by atoms with Crippen LogP contribution in [0.3, 0.4) is 0 Å². The second kappa shape index (κ2) is 9.76. The lowest BCUT2D eigenvalue weighted by Gasteiger charge is -2.32. The predicted molar refractivity (Wildman–Crippen MR) is 105 cm³/mol. The molecule has 1 heterocycles. The van der Waals surface area contributed by atoms with Gasteiger partial charge in [-0.05, 0) is 32.7 Å². The molecule has 3 rings (SSSR count). The van der Waals surface area contributed by atoms with Crippen molar-refractivity contribution in [2.45, 2.75) is 56.5 Å². The number of likely N-dealkylation sites (N-methyl/N-ethyl adjacent to an activating group) is 2. The molecule has 5 nitrogen and oxygen atoms in total. The summed E-state index contributed by atoms with van der Waals surface area (Å²) in [6.07, 6.45) is 9.33. The van der Waals surface area contributed by atoms with Gasteiger partial charge in [-0.1, -0.05) is 12.8 Å². The van der Waals surface area contributed by atoms with E-state index in [1.54, 1.807) is 6.33 Å². The zero-order chi connectivity index (χ0) is 15.5. The molecule has 0 saturated heterocycles. The van der Waals surface area contributed by atoms with E-state index < -0.39 is 0 Å². The number of nitrogens with two attached hydrogens (primary N) is 1. The van der Waals surface area contributed by atoms with Gasteiger partial charge >= 0.3 is 0 Å². The van der Waals surface area contributed by atoms with Gasteiger partial charge in [-0.15, -0.1) is 24.8 Å². The number of nitrogens with zero attached hydrogens (tertiary/aromatic N) is 4. The molecule has 1 aromatic heterocycles. The van der Waals surface area contributed by atoms with Crippen molar-refractivity contribution in [3.05, 3.63) is 18.1 Å². The maximum atomic E-state index is 5.89. The Hall–Kier alpha value is -0.620. The molecule has 0 atom stereocenters. The Bertz CT molecular complexity index is 490. The molecule has 0 aliphatic heterocycles. The fourth-order valence-electron chi connectivity index (χ4n) is 3.65. The Morgan fingerprint density at radius 2 is 1.75 bits per heavy atom. The zero-order valence-corrected chi connectivity index (χ0v) is 16.4. The highest BCUT2D eigenvalue weighted by Crippen LogP contribution is 2.35. The maximum Gasteiger partial charge on any atom is 0.131 e. The maximum absolute atomic E-state index is 5.89. The number of hydrogen-bond acceptors (Lipinski definition) is 5. The summed E-state index contributed by atoms with van der Waals surface area (Å²) in [6.45, 7) is 2.10. The third-order valence-electron chi connectivity index (χ3n) is 5.39. The lowest BCUT2D eigenvalue weighted by molar-refractivity contribution is 0.251. The van der Waals surface area contributed by atoms with E-state index >= 15 is 0 Å². The fourth-order valence-corrected chi connectivity index (χ4v) is 3.65. The predicted octanol–water partition coefficient (Wildman–Crippen LogP) is 2.84. The molecule has 0 bridgehead atoms. The first-order valence-electron chi connectivity index (χ1n) is 8.62. The average molecular weight is 376 g/mol. The quantitative estimate of drug-likeness (QED) is 0.827. The molecule has 138 valence electrons. The molecular formula is C17H31Cl2N5. The molecule has 0 unspecified atom stereocenters. The Morgan fingerprint density at radius 3 is 2.38 bits per heavy atom. The van der Waals surface area contributed by atoms with Crippen LogP contribution in [0.15, 0.2) is 12.4 Å². The van der Waals surface area contributed by atoms with Crippen LogP contribution >= 0.6 is 24.8 Å². The minimum Gasteiger partial charge on any atom is -0.358 e. The van der Waals surface area contributed by atoms with Crippen molar-refractivity contribution in [2.24, 2.45) is 5.73 Å². The summed E-state index contributed by atoms with van der Waals surface area (Å²) in [7, 11) is 4.38. The van der Waals surface area contributed by atoms with Crippen LogP contribution in [0.2, 0.25) is 0 Å². The largest absolute Gasteiger partial charge is 0.358 e. The molecule has 0 radical (unpaired) electrons. The van der Waals surface area contributed by atoms with Gasteiger partial charge in [-0.25, -0.2) is 9.97 Å². The highest BCUT2D eigenvalue weighted by atomic mass is 35.5. The van der Waals surface area contributed by atoms with E-state index in [1.807, 2.05) is 0 Å². The SMILES string of the molecule is CN(CCN(C)C1CCCC1)c1cc(C2CC(N)C2)ncn1.Cl.Cl. The molecule has 2 aliphatic rings. The van der Waals surface area contributed by atoms with Gasteiger partial charge in [0.05, 0.1) is 0 Å². The molecule has 0 spiro atoms. The topological polar surface area (TPSA) is 58.3 Å². The Morgan fingerprint density at radius 1 is 1.08 bits per heavy atom. The van der Waals surface area contributed by atoms with E-state index in [-0.39, 0.29) is 24.8 Å². The van der Waals surface area contributed by atoms with Gasteiger partial charge in [0.2, 0.25) is 0 Å². The van der Waals surface area contributed by atoms with Gasteiger partial charge in [0.1, 0.15) is 12.1 Å². The molecule has 2 N–H and O–H groups in total. The first-order valence-corrected chi connectivity index (χ1v) is 8.62. The van der Waals surface area contributed by atoms with Crippen molar-refractivity contribution >= 4 is 30.6 Å². The van der Waals surface area contributed by atoms with Crippen LogP contribution < -0.4 is 10.6 Å². The molecule has 24 heavy (non-hydrogen) atoms. The van der Waals surface area contributed by atoms with Crippen LogP contribution in [0.4, 0.5) is 5.82 Å². The normalized spacial score (nSPS) is 23.3. The van der Waals surface area contributed by atoms with Gasteiger partial charge in [0.15, 0.2) is 0 Å². The summed E-state index contributed by atoms with van der Waals surface area (Å²) < 4.78 is 0. The van der Waals surface area contributed by atoms with Crippen molar-refractivity contribution in [3.8, 4) is 0 Å². The van der Waals surface area contributed by atoms with Crippen LogP contribution in [0.5, 0.6) is 0 Å². The van der Waals surface area contributed by atoms with Crippen LogP contribution in [-0.4, -0.2) is 54.1 Å². The third kappa shape index (κ3) is 5.19. The average Bonchev–Trinajstić information content (AvgIpc) is 3.03. The standard InChI is InChI=1S/C17H29N5.2ClH/c1-21(15-5-3-4-6-15)7-8-22(2)17-11-16(19-12-20-17)13-9-14(18)10-13;;/h11-15H,3-10,18H2,1-2H3;2*1H. The fraction of sp³-hybridized carbons (Fsp3) is 0.765. The Labute approximate surface area is 158 Å². The highest BCUT2D eigenvalue weighted by molar-refractivity contribution is 5.85. The summed E-state index contributed by atoms with van der Waals surface area (Å²) in [5.74, 6) is 1.57. The van der Waals surface area contributed by atoms with Crippen molar-refractivity contribution in [2.75, 3.05) is 32.1 Å². The first-order chi connectivity index (χ1) is 10.6. The number of halogens is 2. The summed E-state index contributed by atoms with van der Waals surface area (Å²) in [5, 5.41) is 0. The summed E-state index contributed by atoms with van der Waals surface area (Å²) in [6, 6.07) is 3.29. The van der Waals surface area contributed by atoms with Gasteiger partial charge in [-0.3, -0.25) is 0 Å². The van der Waals surface area contributed by atoms with E-state index in [4.69, 9.17) is 5.73 Å². The zero-order valence-electron chi connectivity index (χ0n) is 14.7. The van der Waals surface area contributed by atoms with Gasteiger partial charge in [0, 0.05) is 49.9 Å². The van der Waals surface area contributed by atoms with E-state index in [1.165, 1.54) is 25.7 Å². The van der Waals surface area contributed by atoms with Crippen molar-refractivity contribution < 1.29 is 0 Å². The number of hydrogen-bond donors (Lipinski definition) is 1. The smallest absolute Gasteiger partial charge is 0.131 e. The second-order valence-corrected chi connectivity index (χ2v) is 7.07. The first kappa shape index (κ1) is 21.4. The molecule has 7 heteroatoms. The minimum absolute atomic E-state index is 0. The molecule has 2 fully saturated rings. The summed E-state index contributed by atoms with van der Waals surface area (Å²) >= 11 is 0. The van der Waals surface area contributed by atoms with Crippen molar-refractivity contribution in [3.63, 3.8) is 0 Å². The molecular weight excluding hydrogens is 345 g/mol. The number of aromatic nitrogens is 2. The van der Waals surface area contributed by atoms with Crippen LogP contribution in [0.1, 0.15) is 50.1 Å². The van der Waals surface area contributed by atoms with Crippen molar-refractivity contribution in [1.29, 1.82) is 0 Å². The summed E-state index contributed by atoms with van der Waals surface area (Å²) in [5.41, 5.74) is 7.04. The van der Waals surface area contributed by atoms with E-state index in [0.29, 0.717) is 12.0 Å². The third-order valence-corrected chi connectivity index (χ3v) is 5.39. The van der Waals surface area contributed by atoms with Crippen LogP contribution in [0, 0.1) is 0 Å². The van der Waals surface area contributed by atoms with E-state index in [2.05, 4.69) is 39.9 Å². The molecule has 0 amide bonds. The Balaban J connectivity index is 0.00000144. The lowest BCUT2D eigenvalue weighted by atomic mass is 9.78. The van der Waals surface area contributed by atoms with Gasteiger partial charge in [-0.2, -0.15) is 0 Å².